The van der Waals surface area contributed by atoms with Crippen LogP contribution >= 0.6 is 0 Å². The Hall–Kier alpha value is -4.59. The number of para-hydroxylation sites is 2. The Kier molecular flexibility index (Phi) is 5.24. The molecule has 164 valence electrons. The average Bonchev–Trinajstić information content (AvgIpc) is 3.56. The number of nitrogens with one attached hydrogen (secondary N) is 1. The summed E-state index contributed by atoms with van der Waals surface area (Å²) in [6.07, 6.45) is 3.49. The number of fused-ring (bicyclic) bond motifs is 2. The van der Waals surface area contributed by atoms with Crippen molar-refractivity contribution in [3.8, 4) is 0 Å². The zero-order valence-corrected chi connectivity index (χ0v) is 17.6. The molecule has 0 bridgehead atoms. The molecular formula is C25H19N3O5. The zero-order valence-electron chi connectivity index (χ0n) is 17.6. The number of benzene rings is 2. The van der Waals surface area contributed by atoms with Gasteiger partial charge in [0, 0.05) is 28.0 Å². The molecule has 0 aliphatic heterocycles. The summed E-state index contributed by atoms with van der Waals surface area (Å²) >= 11 is 0. The summed E-state index contributed by atoms with van der Waals surface area (Å²) in [6.45, 7) is 0.413. The predicted molar refractivity (Wildman–Crippen MR) is 122 cm³/mol. The van der Waals surface area contributed by atoms with Gasteiger partial charge in [-0.2, -0.15) is 5.10 Å². The molecule has 0 aliphatic carbocycles. The van der Waals surface area contributed by atoms with E-state index in [1.165, 1.54) is 7.11 Å². The number of hydrogen-bond donors (Lipinski definition) is 1. The molecule has 8 heteroatoms. The van der Waals surface area contributed by atoms with E-state index in [-0.39, 0.29) is 11.5 Å². The number of amides is 1. The molecule has 3 aromatic heterocycles. The molecule has 1 N–H and O–H groups in total. The molecule has 0 saturated carbocycles. The molecule has 2 aromatic carbocycles. The third kappa shape index (κ3) is 4.01. The van der Waals surface area contributed by atoms with Crippen LogP contribution in [0.15, 0.2) is 86.9 Å². The smallest absolute Gasteiger partial charge is 0.373 e. The molecule has 3 heterocycles. The van der Waals surface area contributed by atoms with Gasteiger partial charge < -0.3 is 18.1 Å². The minimum Gasteiger partial charge on any atom is -0.463 e. The minimum atomic E-state index is -0.522. The molecule has 5 rings (SSSR count). The molecular weight excluding hydrogens is 422 g/mol. The summed E-state index contributed by atoms with van der Waals surface area (Å²) in [6, 6.07) is 20.2. The summed E-state index contributed by atoms with van der Waals surface area (Å²) in [7, 11) is 1.31. The fourth-order valence-electron chi connectivity index (χ4n) is 3.66. The molecule has 1 amide bonds. The third-order valence-electron chi connectivity index (χ3n) is 5.21. The Morgan fingerprint density at radius 2 is 1.85 bits per heavy atom. The number of carbonyl (C=O) groups excluding carboxylic acids is 2. The van der Waals surface area contributed by atoms with Gasteiger partial charge in [-0.3, -0.25) is 4.79 Å². The number of nitrogens with zero attached hydrogens (tertiary/aromatic N) is 2. The Morgan fingerprint density at radius 1 is 1.03 bits per heavy atom. The van der Waals surface area contributed by atoms with Crippen molar-refractivity contribution >= 4 is 40.0 Å². The first kappa shape index (κ1) is 20.3. The topological polar surface area (TPSA) is 99.0 Å². The van der Waals surface area contributed by atoms with Crippen LogP contribution in [-0.4, -0.2) is 29.8 Å². The van der Waals surface area contributed by atoms with E-state index in [4.69, 9.17) is 8.83 Å². The Morgan fingerprint density at radius 3 is 2.70 bits per heavy atom. The van der Waals surface area contributed by atoms with Crippen LogP contribution in [0, 0.1) is 0 Å². The maximum absolute atomic E-state index is 12.4. The summed E-state index contributed by atoms with van der Waals surface area (Å²) in [4.78, 5) is 24.1. The highest BCUT2D eigenvalue weighted by molar-refractivity contribution is 6.01. The van der Waals surface area contributed by atoms with E-state index in [0.717, 1.165) is 21.9 Å². The van der Waals surface area contributed by atoms with Crippen LogP contribution in [0.2, 0.25) is 0 Å². The van der Waals surface area contributed by atoms with E-state index in [1.807, 2.05) is 53.2 Å². The van der Waals surface area contributed by atoms with Crippen LogP contribution in [0.4, 0.5) is 0 Å². The Bertz CT molecular complexity index is 1470. The van der Waals surface area contributed by atoms with Gasteiger partial charge in [0.25, 0.3) is 0 Å². The fourth-order valence-corrected chi connectivity index (χ4v) is 3.66. The van der Waals surface area contributed by atoms with Crippen molar-refractivity contribution < 1.29 is 23.2 Å². The van der Waals surface area contributed by atoms with Gasteiger partial charge in [-0.05, 0) is 30.3 Å². The third-order valence-corrected chi connectivity index (χ3v) is 5.21. The number of methoxy groups -OCH3 is 1. The Labute approximate surface area is 188 Å². The summed E-state index contributed by atoms with van der Waals surface area (Å²) < 4.78 is 17.8. The van der Waals surface area contributed by atoms with Gasteiger partial charge >= 0.3 is 11.9 Å². The highest BCUT2D eigenvalue weighted by atomic mass is 16.5. The van der Waals surface area contributed by atoms with Crippen LogP contribution in [0.1, 0.15) is 32.4 Å². The SMILES string of the molecule is COC(=O)c1ccc(Cn2cc(/C=N/NC(=O)c3cc4ccccc4o3)c3ccccc32)o1. The number of hydrogen-bond acceptors (Lipinski definition) is 6. The number of carbonyl (C=O) groups is 2. The number of rotatable bonds is 6. The molecule has 0 aliphatic rings. The highest BCUT2D eigenvalue weighted by Gasteiger charge is 2.14. The van der Waals surface area contributed by atoms with E-state index >= 15 is 0 Å². The maximum atomic E-state index is 12.4. The van der Waals surface area contributed by atoms with Crippen LogP contribution < -0.4 is 5.43 Å². The van der Waals surface area contributed by atoms with Gasteiger partial charge in [0.2, 0.25) is 5.76 Å². The lowest BCUT2D eigenvalue weighted by Crippen LogP contribution is -2.16. The normalized spacial score (nSPS) is 11.4. The molecule has 0 spiro atoms. The molecule has 8 nitrogen and oxygen atoms in total. The van der Waals surface area contributed by atoms with Crippen LogP contribution in [0.5, 0.6) is 0 Å². The van der Waals surface area contributed by atoms with Crippen molar-refractivity contribution in [3.63, 3.8) is 0 Å². The van der Waals surface area contributed by atoms with Crippen molar-refractivity contribution in [2.45, 2.75) is 6.54 Å². The lowest BCUT2D eigenvalue weighted by Gasteiger charge is -2.02. The quantitative estimate of drug-likeness (QED) is 0.236. The standard InChI is InChI=1S/C25H19N3O5/c1-31-25(30)22-11-10-18(32-22)15-28-14-17(19-7-3-4-8-20(19)28)13-26-27-24(29)23-12-16-6-2-5-9-21(16)33-23/h2-14H,15H2,1H3,(H,27,29)/b26-13+. The Balaban J connectivity index is 1.36. The van der Waals surface area contributed by atoms with E-state index in [0.29, 0.717) is 17.9 Å². The van der Waals surface area contributed by atoms with E-state index < -0.39 is 11.9 Å². The molecule has 0 saturated heterocycles. The van der Waals surface area contributed by atoms with Crippen LogP contribution in [-0.2, 0) is 11.3 Å². The molecule has 0 radical (unpaired) electrons. The molecule has 0 fully saturated rings. The van der Waals surface area contributed by atoms with Gasteiger partial charge in [-0.15, -0.1) is 0 Å². The number of esters is 1. The monoisotopic (exact) mass is 441 g/mol. The molecule has 33 heavy (non-hydrogen) atoms. The number of ether oxygens (including phenoxy) is 1. The van der Waals surface area contributed by atoms with Gasteiger partial charge in [0.15, 0.2) is 5.76 Å². The second-order valence-corrected chi connectivity index (χ2v) is 7.33. The van der Waals surface area contributed by atoms with Crippen molar-refractivity contribution in [2.75, 3.05) is 7.11 Å². The first-order chi connectivity index (χ1) is 16.1. The zero-order chi connectivity index (χ0) is 22.8. The lowest BCUT2D eigenvalue weighted by molar-refractivity contribution is 0.0562. The van der Waals surface area contributed by atoms with Crippen LogP contribution in [0.3, 0.4) is 0 Å². The van der Waals surface area contributed by atoms with Gasteiger partial charge in [-0.25, -0.2) is 10.2 Å². The van der Waals surface area contributed by atoms with E-state index in [2.05, 4.69) is 15.3 Å². The van der Waals surface area contributed by atoms with E-state index in [9.17, 15) is 9.59 Å². The lowest BCUT2D eigenvalue weighted by atomic mass is 10.2. The molecule has 5 aromatic rings. The van der Waals surface area contributed by atoms with Crippen molar-refractivity contribution in [1.29, 1.82) is 0 Å². The maximum Gasteiger partial charge on any atom is 0.373 e. The molecule has 0 atom stereocenters. The van der Waals surface area contributed by atoms with Crippen molar-refractivity contribution in [2.24, 2.45) is 5.10 Å². The van der Waals surface area contributed by atoms with Gasteiger partial charge in [0.05, 0.1) is 19.9 Å². The number of aromatic nitrogens is 1. The second kappa shape index (κ2) is 8.51. The molecule has 0 unspecified atom stereocenters. The predicted octanol–water partition coefficient (Wildman–Crippen LogP) is 4.58. The van der Waals surface area contributed by atoms with E-state index in [1.54, 1.807) is 30.5 Å². The van der Waals surface area contributed by atoms with Crippen LogP contribution in [0.25, 0.3) is 21.9 Å². The van der Waals surface area contributed by atoms with Crippen molar-refractivity contribution in [3.05, 3.63) is 95.8 Å². The van der Waals surface area contributed by atoms with Crippen molar-refractivity contribution in [1.82, 2.24) is 9.99 Å². The fraction of sp³-hybridized carbons (Fsp3) is 0.0800. The first-order valence-corrected chi connectivity index (χ1v) is 10.2. The summed E-state index contributed by atoms with van der Waals surface area (Å²) in [5.74, 6) is -0.00405. The van der Waals surface area contributed by atoms with Gasteiger partial charge in [-0.1, -0.05) is 36.4 Å². The largest absolute Gasteiger partial charge is 0.463 e. The highest BCUT2D eigenvalue weighted by Crippen LogP contribution is 2.22. The minimum absolute atomic E-state index is 0.152. The number of furan rings is 2. The number of hydrazone groups is 1. The average molecular weight is 441 g/mol. The summed E-state index contributed by atoms with van der Waals surface area (Å²) in [5, 5.41) is 5.92. The first-order valence-electron chi connectivity index (χ1n) is 10.2. The second-order valence-electron chi connectivity index (χ2n) is 7.33. The summed E-state index contributed by atoms with van der Waals surface area (Å²) in [5.41, 5.74) is 4.93. The van der Waals surface area contributed by atoms with Gasteiger partial charge in [0.1, 0.15) is 11.3 Å².